The number of hydrogen-bond donors (Lipinski definition) is 1. The highest BCUT2D eigenvalue weighted by Crippen LogP contribution is 2.49. The molecule has 1 unspecified atom stereocenters. The molecule has 4 rings (SSSR count). The van der Waals surface area contributed by atoms with Crippen molar-refractivity contribution in [1.82, 2.24) is 25.3 Å². The van der Waals surface area contributed by atoms with Gasteiger partial charge in [0.1, 0.15) is 18.2 Å². The normalized spacial score (nSPS) is 17.3. The fourth-order valence-electron chi connectivity index (χ4n) is 7.61. The average Bonchev–Trinajstić information content (AvgIpc) is 3.61. The Balaban J connectivity index is 1.51. The first kappa shape index (κ1) is 42.6. The molecule has 1 N–H and O–H groups in total. The SMILES string of the molecule is C=C(/C=C\C(=C/Cc1cc(C(C)F)ncn1)C(C)(C)F)NC(=C)C1=C(C)C2(CCCC2)N(C)N(Cc2ccc(OCCCCCC(C)C)c(F)c2C)C1=C. The molecular weight excluding hydrogens is 684 g/mol. The van der Waals surface area contributed by atoms with E-state index in [4.69, 9.17) is 4.74 Å². The summed E-state index contributed by atoms with van der Waals surface area (Å²) in [6, 6.07) is 5.31. The Morgan fingerprint density at radius 1 is 1.07 bits per heavy atom. The van der Waals surface area contributed by atoms with E-state index in [1.807, 2.05) is 13.0 Å². The molecule has 0 radical (unpaired) electrons. The minimum absolute atomic E-state index is 0.238. The number of rotatable bonds is 18. The maximum Gasteiger partial charge on any atom is 0.168 e. The van der Waals surface area contributed by atoms with E-state index in [0.29, 0.717) is 65.2 Å². The van der Waals surface area contributed by atoms with Crippen molar-refractivity contribution < 1.29 is 17.9 Å². The molecule has 0 bridgehead atoms. The highest BCUT2D eigenvalue weighted by atomic mass is 19.1. The first-order chi connectivity index (χ1) is 25.5. The van der Waals surface area contributed by atoms with Crippen LogP contribution in [0.5, 0.6) is 5.75 Å². The molecule has 0 amide bonds. The molecule has 1 aliphatic carbocycles. The molecule has 54 heavy (non-hydrogen) atoms. The minimum Gasteiger partial charge on any atom is -0.491 e. The van der Waals surface area contributed by atoms with Gasteiger partial charge < -0.3 is 15.1 Å². The number of hydrazine groups is 1. The van der Waals surface area contributed by atoms with Gasteiger partial charge in [-0.05, 0) is 100 Å². The number of alkyl halides is 2. The Morgan fingerprint density at radius 3 is 2.43 bits per heavy atom. The third kappa shape index (κ3) is 10.3. The van der Waals surface area contributed by atoms with E-state index in [1.54, 1.807) is 30.4 Å². The number of hydrogen-bond acceptors (Lipinski definition) is 6. The maximum absolute atomic E-state index is 15.7. The molecule has 1 saturated carbocycles. The zero-order valence-electron chi connectivity index (χ0n) is 33.9. The van der Waals surface area contributed by atoms with E-state index in [1.165, 1.54) is 39.1 Å². The van der Waals surface area contributed by atoms with E-state index >= 15 is 8.78 Å². The predicted octanol–water partition coefficient (Wildman–Crippen LogP) is 11.4. The number of nitrogens with zero attached hydrogens (tertiary/aromatic N) is 4. The quantitative estimate of drug-likeness (QED) is 0.121. The molecule has 1 aliphatic heterocycles. The van der Waals surface area contributed by atoms with Gasteiger partial charge in [0, 0.05) is 36.1 Å². The van der Waals surface area contributed by atoms with Crippen molar-refractivity contribution in [2.24, 2.45) is 5.92 Å². The maximum atomic E-state index is 15.7. The van der Waals surface area contributed by atoms with Crippen molar-refractivity contribution in [2.75, 3.05) is 13.7 Å². The summed E-state index contributed by atoms with van der Waals surface area (Å²) in [5.74, 6) is 0.661. The van der Waals surface area contributed by atoms with Crippen molar-refractivity contribution in [3.8, 4) is 5.75 Å². The van der Waals surface area contributed by atoms with Gasteiger partial charge in [-0.15, -0.1) is 0 Å². The summed E-state index contributed by atoms with van der Waals surface area (Å²) >= 11 is 0. The van der Waals surface area contributed by atoms with Crippen molar-refractivity contribution in [2.45, 2.75) is 130 Å². The fourth-order valence-corrected chi connectivity index (χ4v) is 7.61. The zero-order chi connectivity index (χ0) is 39.8. The van der Waals surface area contributed by atoms with Gasteiger partial charge in [-0.1, -0.05) is 83.9 Å². The van der Waals surface area contributed by atoms with Crippen LogP contribution in [0, 0.1) is 18.7 Å². The Hall–Kier alpha value is -4.11. The van der Waals surface area contributed by atoms with Crippen LogP contribution in [0.4, 0.5) is 13.2 Å². The largest absolute Gasteiger partial charge is 0.491 e. The highest BCUT2D eigenvalue weighted by molar-refractivity contribution is 5.53. The summed E-state index contributed by atoms with van der Waals surface area (Å²) in [6.45, 7) is 26.9. The Kier molecular flexibility index (Phi) is 14.6. The molecule has 2 aliphatic rings. The van der Waals surface area contributed by atoms with Gasteiger partial charge in [0.2, 0.25) is 0 Å². The van der Waals surface area contributed by atoms with Crippen molar-refractivity contribution in [1.29, 1.82) is 0 Å². The highest BCUT2D eigenvalue weighted by Gasteiger charge is 2.47. The summed E-state index contributed by atoms with van der Waals surface area (Å²) in [7, 11) is 2.10. The van der Waals surface area contributed by atoms with Crippen LogP contribution >= 0.6 is 0 Å². The van der Waals surface area contributed by atoms with Gasteiger partial charge in [-0.2, -0.15) is 0 Å². The van der Waals surface area contributed by atoms with E-state index in [9.17, 15) is 4.39 Å². The molecule has 2 heterocycles. The molecule has 1 fully saturated rings. The molecule has 0 saturated heterocycles. The average molecular weight is 746 g/mol. The van der Waals surface area contributed by atoms with Gasteiger partial charge >= 0.3 is 0 Å². The molecule has 1 spiro atoms. The molecule has 294 valence electrons. The minimum atomic E-state index is -1.65. The molecular formula is C45H62F3N5O. The number of halogens is 3. The number of benzene rings is 1. The van der Waals surface area contributed by atoms with Gasteiger partial charge in [0.15, 0.2) is 11.6 Å². The zero-order valence-corrected chi connectivity index (χ0v) is 33.9. The lowest BCUT2D eigenvalue weighted by atomic mass is 9.81. The topological polar surface area (TPSA) is 53.5 Å². The predicted molar refractivity (Wildman–Crippen MR) is 215 cm³/mol. The van der Waals surface area contributed by atoms with Gasteiger partial charge in [-0.25, -0.2) is 28.1 Å². The van der Waals surface area contributed by atoms with Crippen LogP contribution in [-0.2, 0) is 13.0 Å². The summed E-state index contributed by atoms with van der Waals surface area (Å²) in [5.41, 5.74) is 4.85. The summed E-state index contributed by atoms with van der Waals surface area (Å²) in [4.78, 5) is 8.20. The molecule has 9 heteroatoms. The molecule has 1 aromatic carbocycles. The number of aromatic nitrogens is 2. The molecule has 2 aromatic rings. The number of allylic oxidation sites excluding steroid dienone is 4. The van der Waals surface area contributed by atoms with Gasteiger partial charge in [-0.3, -0.25) is 0 Å². The third-order valence-electron chi connectivity index (χ3n) is 11.0. The van der Waals surface area contributed by atoms with Crippen LogP contribution in [0.1, 0.15) is 122 Å². The summed E-state index contributed by atoms with van der Waals surface area (Å²) < 4.78 is 50.8. The van der Waals surface area contributed by atoms with E-state index in [-0.39, 0.29) is 11.4 Å². The van der Waals surface area contributed by atoms with Crippen molar-refractivity contribution in [3.05, 3.63) is 125 Å². The second kappa shape index (κ2) is 18.5. The molecule has 6 nitrogen and oxygen atoms in total. The Bertz CT molecular complexity index is 1760. The van der Waals surface area contributed by atoms with E-state index in [0.717, 1.165) is 61.8 Å². The number of ether oxygens (including phenoxy) is 1. The molecule has 1 aromatic heterocycles. The van der Waals surface area contributed by atoms with Crippen LogP contribution < -0.4 is 10.1 Å². The van der Waals surface area contributed by atoms with Gasteiger partial charge in [0.25, 0.3) is 0 Å². The Morgan fingerprint density at radius 2 is 1.78 bits per heavy atom. The van der Waals surface area contributed by atoms with E-state index in [2.05, 4.69) is 72.9 Å². The number of nitrogens with one attached hydrogen (secondary N) is 1. The van der Waals surface area contributed by atoms with E-state index < -0.39 is 11.8 Å². The van der Waals surface area contributed by atoms with Crippen LogP contribution in [0.15, 0.2) is 96.3 Å². The fraction of sp³-hybridized carbons (Fsp3) is 0.511. The van der Waals surface area contributed by atoms with Crippen molar-refractivity contribution >= 4 is 0 Å². The van der Waals surface area contributed by atoms with Crippen molar-refractivity contribution in [3.63, 3.8) is 0 Å². The number of likely N-dealkylation sites (N-methyl/N-ethyl adjacent to an activating group) is 1. The monoisotopic (exact) mass is 745 g/mol. The second-order valence-corrected chi connectivity index (χ2v) is 15.9. The Labute approximate surface area is 322 Å². The summed E-state index contributed by atoms with van der Waals surface area (Å²) in [6.07, 6.45) is 14.1. The lowest BCUT2D eigenvalue weighted by Gasteiger charge is -2.53. The lowest BCUT2D eigenvalue weighted by molar-refractivity contribution is -0.0591. The summed E-state index contributed by atoms with van der Waals surface area (Å²) in [5, 5.41) is 7.79. The van der Waals surface area contributed by atoms with Crippen LogP contribution in [-0.4, -0.2) is 44.8 Å². The second-order valence-electron chi connectivity index (χ2n) is 15.9. The smallest absolute Gasteiger partial charge is 0.168 e. The first-order valence-corrected chi connectivity index (χ1v) is 19.5. The van der Waals surface area contributed by atoms with Crippen LogP contribution in [0.2, 0.25) is 0 Å². The van der Waals surface area contributed by atoms with Crippen LogP contribution in [0.3, 0.4) is 0 Å². The van der Waals surface area contributed by atoms with Crippen LogP contribution in [0.25, 0.3) is 0 Å². The molecule has 1 atom stereocenters. The van der Waals surface area contributed by atoms with Gasteiger partial charge in [0.05, 0.1) is 30.1 Å². The standard InChI is InChI=1S/C45H62F3N5O/c1-30(2)17-13-12-16-26-54-41-23-19-37(32(4)43(41)47)28-53-36(8)42(33(5)45(52(53)11)24-14-15-25-45)35(7)51-31(3)18-20-38(44(9,10)48)21-22-39-27-40(34(6)46)50-29-49-39/h18-21,23,27,29-30,34,51H,3,7-8,12-17,22,24-26,28H2,1-2,4-6,9-11H3/b20-18-,38-21+. The third-order valence-corrected chi connectivity index (χ3v) is 11.0. The first-order valence-electron chi connectivity index (χ1n) is 19.5. The number of unbranched alkanes of at least 4 members (excludes halogenated alkanes) is 2. The lowest BCUT2D eigenvalue weighted by Crippen LogP contribution is -2.57.